The molecule has 0 N–H and O–H groups in total. The van der Waals surface area contributed by atoms with Crippen molar-refractivity contribution in [3.05, 3.63) is 34.9 Å². The van der Waals surface area contributed by atoms with E-state index < -0.39 is 0 Å². The first kappa shape index (κ1) is 16.8. The van der Waals surface area contributed by atoms with Crippen LogP contribution in [0.1, 0.15) is 31.7 Å². The molecule has 120 valence electrons. The van der Waals surface area contributed by atoms with Crippen molar-refractivity contribution in [2.24, 2.45) is 5.92 Å². The second-order valence-corrected chi connectivity index (χ2v) is 5.91. The topological polar surface area (TPSA) is 46.6 Å². The van der Waals surface area contributed by atoms with Crippen molar-refractivity contribution in [3.63, 3.8) is 0 Å². The number of amides is 1. The van der Waals surface area contributed by atoms with Crippen molar-refractivity contribution in [2.75, 3.05) is 19.7 Å². The molecule has 0 atom stereocenters. The normalized spacial score (nSPS) is 15.6. The van der Waals surface area contributed by atoms with Crippen molar-refractivity contribution < 1.29 is 14.3 Å². The molecule has 1 fully saturated rings. The number of aryl methyl sites for hydroxylation is 1. The summed E-state index contributed by atoms with van der Waals surface area (Å²) in [7, 11) is 0. The van der Waals surface area contributed by atoms with Crippen LogP contribution in [-0.2, 0) is 20.7 Å². The third-order valence-electron chi connectivity index (χ3n) is 4.03. The molecule has 0 aromatic heterocycles. The average Bonchev–Trinajstić information content (AvgIpc) is 2.54. The number of carbonyl (C=O) groups is 2. The Morgan fingerprint density at radius 1 is 1.27 bits per heavy atom. The first-order valence-electron chi connectivity index (χ1n) is 7.79. The van der Waals surface area contributed by atoms with E-state index >= 15 is 0 Å². The zero-order valence-corrected chi connectivity index (χ0v) is 13.6. The highest BCUT2D eigenvalue weighted by molar-refractivity contribution is 6.31. The molecular formula is C17H22ClNO3. The number of ether oxygens (including phenoxy) is 1. The van der Waals surface area contributed by atoms with Gasteiger partial charge in [-0.05, 0) is 37.8 Å². The van der Waals surface area contributed by atoms with Gasteiger partial charge in [-0.25, -0.2) is 0 Å². The van der Waals surface area contributed by atoms with Gasteiger partial charge in [0.05, 0.1) is 12.5 Å². The van der Waals surface area contributed by atoms with E-state index in [4.69, 9.17) is 16.3 Å². The zero-order chi connectivity index (χ0) is 15.9. The fraction of sp³-hybridized carbons (Fsp3) is 0.529. The number of benzene rings is 1. The van der Waals surface area contributed by atoms with Crippen LogP contribution in [0.15, 0.2) is 24.3 Å². The van der Waals surface area contributed by atoms with Gasteiger partial charge in [0.2, 0.25) is 5.91 Å². The maximum atomic E-state index is 12.3. The Kier molecular flexibility index (Phi) is 6.25. The molecule has 0 aliphatic carbocycles. The molecule has 0 radical (unpaired) electrons. The average molecular weight is 324 g/mol. The van der Waals surface area contributed by atoms with Crippen LogP contribution in [0.5, 0.6) is 0 Å². The standard InChI is InChI=1S/C17H22ClNO3/c1-2-22-17(21)14-9-11-19(12-10-14)16(20)8-7-13-5-3-4-6-15(13)18/h3-6,14H,2,7-12H2,1H3. The Bertz CT molecular complexity index is 524. The van der Waals surface area contributed by atoms with E-state index in [9.17, 15) is 9.59 Å². The summed E-state index contributed by atoms with van der Waals surface area (Å²) < 4.78 is 5.04. The Morgan fingerprint density at radius 2 is 1.95 bits per heavy atom. The summed E-state index contributed by atoms with van der Waals surface area (Å²) in [5, 5.41) is 0.705. The fourth-order valence-electron chi connectivity index (χ4n) is 2.73. The third-order valence-corrected chi connectivity index (χ3v) is 4.40. The highest BCUT2D eigenvalue weighted by Crippen LogP contribution is 2.21. The van der Waals surface area contributed by atoms with Gasteiger partial charge >= 0.3 is 5.97 Å². The summed E-state index contributed by atoms with van der Waals surface area (Å²) in [6.45, 7) is 3.48. The number of halogens is 1. The lowest BCUT2D eigenvalue weighted by atomic mass is 9.96. The van der Waals surface area contributed by atoms with Gasteiger partial charge in [0.1, 0.15) is 0 Å². The number of rotatable bonds is 5. The molecule has 0 bridgehead atoms. The molecule has 1 aliphatic rings. The molecule has 0 spiro atoms. The number of piperidine rings is 1. The van der Waals surface area contributed by atoms with E-state index in [1.54, 1.807) is 0 Å². The Balaban J connectivity index is 1.78. The van der Waals surface area contributed by atoms with Crippen molar-refractivity contribution in [1.29, 1.82) is 0 Å². The summed E-state index contributed by atoms with van der Waals surface area (Å²) in [6.07, 6.45) is 2.48. The van der Waals surface area contributed by atoms with Gasteiger partial charge in [0.25, 0.3) is 0 Å². The molecule has 1 saturated heterocycles. The van der Waals surface area contributed by atoms with Crippen LogP contribution < -0.4 is 0 Å². The first-order valence-corrected chi connectivity index (χ1v) is 8.17. The molecule has 22 heavy (non-hydrogen) atoms. The van der Waals surface area contributed by atoms with E-state index in [0.717, 1.165) is 5.56 Å². The Hall–Kier alpha value is -1.55. The largest absolute Gasteiger partial charge is 0.466 e. The minimum atomic E-state index is -0.134. The molecule has 1 heterocycles. The van der Waals surface area contributed by atoms with Crippen molar-refractivity contribution in [2.45, 2.75) is 32.6 Å². The zero-order valence-electron chi connectivity index (χ0n) is 12.9. The lowest BCUT2D eigenvalue weighted by Crippen LogP contribution is -2.40. The van der Waals surface area contributed by atoms with Crippen LogP contribution in [0.2, 0.25) is 5.02 Å². The molecule has 1 aromatic carbocycles. The predicted molar refractivity (Wildman–Crippen MR) is 85.7 cm³/mol. The molecule has 2 rings (SSSR count). The monoisotopic (exact) mass is 323 g/mol. The van der Waals surface area contributed by atoms with Gasteiger partial charge in [0, 0.05) is 24.5 Å². The second-order valence-electron chi connectivity index (χ2n) is 5.50. The summed E-state index contributed by atoms with van der Waals surface area (Å²) >= 11 is 6.10. The van der Waals surface area contributed by atoms with Gasteiger partial charge in [-0.15, -0.1) is 0 Å². The van der Waals surface area contributed by atoms with E-state index in [0.29, 0.717) is 50.4 Å². The highest BCUT2D eigenvalue weighted by Gasteiger charge is 2.27. The SMILES string of the molecule is CCOC(=O)C1CCN(C(=O)CCc2ccccc2Cl)CC1. The number of esters is 1. The lowest BCUT2D eigenvalue weighted by molar-refractivity contribution is -0.151. The highest BCUT2D eigenvalue weighted by atomic mass is 35.5. The molecule has 1 aromatic rings. The van der Waals surface area contributed by atoms with E-state index in [-0.39, 0.29) is 17.8 Å². The second kappa shape index (κ2) is 8.18. The van der Waals surface area contributed by atoms with Gasteiger partial charge in [-0.1, -0.05) is 29.8 Å². The summed E-state index contributed by atoms with van der Waals surface area (Å²) in [5.41, 5.74) is 0.999. The molecule has 5 heteroatoms. The molecular weight excluding hydrogens is 302 g/mol. The number of carbonyl (C=O) groups excluding carboxylic acids is 2. The maximum Gasteiger partial charge on any atom is 0.309 e. The minimum absolute atomic E-state index is 0.0624. The van der Waals surface area contributed by atoms with Crippen molar-refractivity contribution in [3.8, 4) is 0 Å². The maximum absolute atomic E-state index is 12.3. The van der Waals surface area contributed by atoms with Crippen LogP contribution in [0.3, 0.4) is 0 Å². The minimum Gasteiger partial charge on any atom is -0.466 e. The van der Waals surface area contributed by atoms with Crippen LogP contribution in [0.4, 0.5) is 0 Å². The molecule has 4 nitrogen and oxygen atoms in total. The summed E-state index contributed by atoms with van der Waals surface area (Å²) in [5.74, 6) is -0.0690. The van der Waals surface area contributed by atoms with Gasteiger partial charge in [-0.2, -0.15) is 0 Å². The van der Waals surface area contributed by atoms with Crippen molar-refractivity contribution >= 4 is 23.5 Å². The van der Waals surface area contributed by atoms with Gasteiger partial charge in [0.15, 0.2) is 0 Å². The molecule has 0 unspecified atom stereocenters. The van der Waals surface area contributed by atoms with Crippen molar-refractivity contribution in [1.82, 2.24) is 4.90 Å². The molecule has 0 saturated carbocycles. The summed E-state index contributed by atoms with van der Waals surface area (Å²) in [4.78, 5) is 25.8. The van der Waals surface area contributed by atoms with Crippen LogP contribution in [-0.4, -0.2) is 36.5 Å². The third kappa shape index (κ3) is 4.47. The van der Waals surface area contributed by atoms with E-state index in [1.165, 1.54) is 0 Å². The number of hydrogen-bond acceptors (Lipinski definition) is 3. The lowest BCUT2D eigenvalue weighted by Gasteiger charge is -2.31. The first-order chi connectivity index (χ1) is 10.6. The number of nitrogens with zero attached hydrogens (tertiary/aromatic N) is 1. The molecule has 1 aliphatic heterocycles. The fourth-order valence-corrected chi connectivity index (χ4v) is 2.96. The quantitative estimate of drug-likeness (QED) is 0.782. The predicted octanol–water partition coefficient (Wildman–Crippen LogP) is 3.07. The van der Waals surface area contributed by atoms with Crippen LogP contribution in [0, 0.1) is 5.92 Å². The number of hydrogen-bond donors (Lipinski definition) is 0. The van der Waals surface area contributed by atoms with Crippen LogP contribution in [0.25, 0.3) is 0 Å². The molecule has 1 amide bonds. The Morgan fingerprint density at radius 3 is 2.59 bits per heavy atom. The van der Waals surface area contributed by atoms with Gasteiger partial charge in [-0.3, -0.25) is 9.59 Å². The smallest absolute Gasteiger partial charge is 0.309 e. The van der Waals surface area contributed by atoms with E-state index in [2.05, 4.69) is 0 Å². The Labute approximate surface area is 136 Å². The van der Waals surface area contributed by atoms with E-state index in [1.807, 2.05) is 36.1 Å². The van der Waals surface area contributed by atoms with Crippen LogP contribution >= 0.6 is 11.6 Å². The van der Waals surface area contributed by atoms with Gasteiger partial charge < -0.3 is 9.64 Å². The summed E-state index contributed by atoms with van der Waals surface area (Å²) in [6, 6.07) is 7.60. The number of likely N-dealkylation sites (tertiary alicyclic amines) is 1.